The molecular formula is C13H18FN3O2. The van der Waals surface area contributed by atoms with Gasteiger partial charge < -0.3 is 5.32 Å². The highest BCUT2D eigenvalue weighted by molar-refractivity contribution is 5.61. The summed E-state index contributed by atoms with van der Waals surface area (Å²) in [5, 5.41) is 13.8. The summed E-state index contributed by atoms with van der Waals surface area (Å²) in [4.78, 5) is 12.6. The van der Waals surface area contributed by atoms with Crippen LogP contribution >= 0.6 is 0 Å². The predicted molar refractivity (Wildman–Crippen MR) is 71.8 cm³/mol. The van der Waals surface area contributed by atoms with Gasteiger partial charge in [0.25, 0.3) is 5.69 Å². The van der Waals surface area contributed by atoms with E-state index < -0.39 is 10.7 Å². The zero-order valence-corrected chi connectivity index (χ0v) is 11.1. The van der Waals surface area contributed by atoms with Crippen molar-refractivity contribution in [1.82, 2.24) is 4.90 Å². The van der Waals surface area contributed by atoms with E-state index >= 15 is 0 Å². The Bertz CT molecular complexity index is 477. The Labute approximate surface area is 111 Å². The van der Waals surface area contributed by atoms with Gasteiger partial charge in [0.2, 0.25) is 0 Å². The second-order valence-corrected chi connectivity index (χ2v) is 5.05. The number of hydrogen-bond donors (Lipinski definition) is 1. The van der Waals surface area contributed by atoms with Crippen molar-refractivity contribution >= 4 is 11.4 Å². The van der Waals surface area contributed by atoms with Crippen LogP contribution < -0.4 is 5.32 Å². The topological polar surface area (TPSA) is 58.4 Å². The van der Waals surface area contributed by atoms with E-state index in [1.807, 2.05) is 7.05 Å². The Kier molecular flexibility index (Phi) is 3.99. The third-order valence-corrected chi connectivity index (χ3v) is 3.56. The van der Waals surface area contributed by atoms with Crippen LogP contribution in [-0.4, -0.2) is 35.5 Å². The van der Waals surface area contributed by atoms with Crippen molar-refractivity contribution in [3.05, 3.63) is 34.1 Å². The summed E-state index contributed by atoms with van der Waals surface area (Å²) < 4.78 is 13.2. The van der Waals surface area contributed by atoms with E-state index in [1.54, 1.807) is 0 Å². The van der Waals surface area contributed by atoms with E-state index in [1.165, 1.54) is 25.0 Å². The highest BCUT2D eigenvalue weighted by Crippen LogP contribution is 2.28. The summed E-state index contributed by atoms with van der Waals surface area (Å²) in [6.45, 7) is 2.60. The van der Waals surface area contributed by atoms with E-state index in [0.717, 1.165) is 6.07 Å². The van der Waals surface area contributed by atoms with Crippen LogP contribution in [0.15, 0.2) is 18.2 Å². The van der Waals surface area contributed by atoms with E-state index in [-0.39, 0.29) is 17.4 Å². The molecule has 0 aromatic heterocycles. The summed E-state index contributed by atoms with van der Waals surface area (Å²) in [5.74, 6) is -0.476. The molecule has 0 radical (unpaired) electrons. The zero-order chi connectivity index (χ0) is 14.0. The van der Waals surface area contributed by atoms with Crippen molar-refractivity contribution in [2.45, 2.75) is 31.8 Å². The van der Waals surface area contributed by atoms with Gasteiger partial charge in [-0.25, -0.2) is 4.39 Å². The van der Waals surface area contributed by atoms with Crippen molar-refractivity contribution in [2.24, 2.45) is 0 Å². The summed E-state index contributed by atoms with van der Waals surface area (Å²) in [6.07, 6.45) is 2.42. The molecule has 2 rings (SSSR count). The molecular weight excluding hydrogens is 249 g/mol. The number of likely N-dealkylation sites (N-methyl/N-ethyl adjacent to an activating group) is 1. The molecule has 1 unspecified atom stereocenters. The standard InChI is InChI=1S/C13H18FN3O2/c1-9(16(2)11-4-5-11)8-15-12-7-10(14)3-6-13(12)17(18)19/h3,6-7,9,11,15H,4-5,8H2,1-2H3. The maximum Gasteiger partial charge on any atom is 0.292 e. The van der Waals surface area contributed by atoms with Gasteiger partial charge in [-0.3, -0.25) is 15.0 Å². The van der Waals surface area contributed by atoms with Gasteiger partial charge in [-0.05, 0) is 32.9 Å². The Hall–Kier alpha value is -1.69. The van der Waals surface area contributed by atoms with Gasteiger partial charge in [0.05, 0.1) is 4.92 Å². The van der Waals surface area contributed by atoms with Gasteiger partial charge in [-0.1, -0.05) is 0 Å². The molecule has 0 saturated heterocycles. The van der Waals surface area contributed by atoms with E-state index in [9.17, 15) is 14.5 Å². The molecule has 1 aliphatic carbocycles. The normalized spacial score (nSPS) is 16.4. The molecule has 1 N–H and O–H groups in total. The summed E-state index contributed by atoms with van der Waals surface area (Å²) >= 11 is 0. The third-order valence-electron chi connectivity index (χ3n) is 3.56. The fraction of sp³-hybridized carbons (Fsp3) is 0.538. The SMILES string of the molecule is CC(CNc1cc(F)ccc1[N+](=O)[O-])N(C)C1CC1. The summed E-state index contributed by atoms with van der Waals surface area (Å²) in [5.41, 5.74) is 0.142. The van der Waals surface area contributed by atoms with Gasteiger partial charge in [-0.15, -0.1) is 0 Å². The van der Waals surface area contributed by atoms with Crippen LogP contribution in [0.25, 0.3) is 0 Å². The van der Waals surface area contributed by atoms with Gasteiger partial charge in [0, 0.05) is 30.8 Å². The molecule has 1 saturated carbocycles. The number of nitrogens with zero attached hydrogens (tertiary/aromatic N) is 2. The molecule has 1 aromatic carbocycles. The van der Waals surface area contributed by atoms with Crippen molar-refractivity contribution in [3.63, 3.8) is 0 Å². The van der Waals surface area contributed by atoms with Crippen LogP contribution in [0.5, 0.6) is 0 Å². The summed E-state index contributed by atoms with van der Waals surface area (Å²) in [7, 11) is 2.05. The number of nitro benzene ring substituents is 1. The molecule has 0 spiro atoms. The molecule has 1 fully saturated rings. The Morgan fingerprint density at radius 2 is 2.26 bits per heavy atom. The molecule has 104 valence electrons. The number of nitro groups is 1. The molecule has 6 heteroatoms. The highest BCUT2D eigenvalue weighted by atomic mass is 19.1. The average molecular weight is 267 g/mol. The second-order valence-electron chi connectivity index (χ2n) is 5.05. The molecule has 0 amide bonds. The first-order chi connectivity index (χ1) is 8.99. The minimum absolute atomic E-state index is 0.0947. The van der Waals surface area contributed by atoms with E-state index in [0.29, 0.717) is 12.6 Å². The van der Waals surface area contributed by atoms with Gasteiger partial charge in [0.15, 0.2) is 0 Å². The van der Waals surface area contributed by atoms with Crippen LogP contribution in [-0.2, 0) is 0 Å². The van der Waals surface area contributed by atoms with Crippen LogP contribution in [0.1, 0.15) is 19.8 Å². The molecule has 0 bridgehead atoms. The number of benzene rings is 1. The molecule has 0 aliphatic heterocycles. The lowest BCUT2D eigenvalue weighted by Crippen LogP contribution is -2.36. The van der Waals surface area contributed by atoms with Crippen LogP contribution in [0.3, 0.4) is 0 Å². The Morgan fingerprint density at radius 1 is 1.58 bits per heavy atom. The Balaban J connectivity index is 2.01. The lowest BCUT2D eigenvalue weighted by Gasteiger charge is -2.25. The molecule has 0 heterocycles. The van der Waals surface area contributed by atoms with Gasteiger partial charge in [0.1, 0.15) is 11.5 Å². The molecule has 1 atom stereocenters. The monoisotopic (exact) mass is 267 g/mol. The van der Waals surface area contributed by atoms with Gasteiger partial charge in [-0.2, -0.15) is 0 Å². The van der Waals surface area contributed by atoms with Crippen molar-refractivity contribution < 1.29 is 9.31 Å². The maximum atomic E-state index is 13.2. The second kappa shape index (κ2) is 5.52. The van der Waals surface area contributed by atoms with Crippen molar-refractivity contribution in [3.8, 4) is 0 Å². The number of nitrogens with one attached hydrogen (secondary N) is 1. The number of hydrogen-bond acceptors (Lipinski definition) is 4. The Morgan fingerprint density at radius 3 is 2.84 bits per heavy atom. The first-order valence-electron chi connectivity index (χ1n) is 6.39. The predicted octanol–water partition coefficient (Wildman–Crippen LogP) is 2.63. The smallest absolute Gasteiger partial charge is 0.292 e. The third kappa shape index (κ3) is 3.41. The first-order valence-corrected chi connectivity index (χ1v) is 6.39. The van der Waals surface area contributed by atoms with Crippen LogP contribution in [0, 0.1) is 15.9 Å². The fourth-order valence-corrected chi connectivity index (χ4v) is 2.05. The van der Waals surface area contributed by atoms with Crippen LogP contribution in [0.4, 0.5) is 15.8 Å². The van der Waals surface area contributed by atoms with Gasteiger partial charge >= 0.3 is 0 Å². The fourth-order valence-electron chi connectivity index (χ4n) is 2.05. The average Bonchev–Trinajstić information content (AvgIpc) is 3.18. The zero-order valence-electron chi connectivity index (χ0n) is 11.1. The quantitative estimate of drug-likeness (QED) is 0.636. The minimum Gasteiger partial charge on any atom is -0.378 e. The van der Waals surface area contributed by atoms with Crippen LogP contribution in [0.2, 0.25) is 0 Å². The molecule has 5 nitrogen and oxygen atoms in total. The first kappa shape index (κ1) is 13.7. The van der Waals surface area contributed by atoms with Crippen molar-refractivity contribution in [1.29, 1.82) is 0 Å². The molecule has 1 aromatic rings. The molecule has 19 heavy (non-hydrogen) atoms. The number of halogens is 1. The number of anilines is 1. The maximum absolute atomic E-state index is 13.2. The highest BCUT2D eigenvalue weighted by Gasteiger charge is 2.29. The molecule has 1 aliphatic rings. The van der Waals surface area contributed by atoms with Crippen molar-refractivity contribution in [2.75, 3.05) is 18.9 Å². The minimum atomic E-state index is -0.503. The van der Waals surface area contributed by atoms with E-state index in [2.05, 4.69) is 17.1 Å². The lowest BCUT2D eigenvalue weighted by atomic mass is 10.2. The number of rotatable bonds is 6. The largest absolute Gasteiger partial charge is 0.378 e. The lowest BCUT2D eigenvalue weighted by molar-refractivity contribution is -0.384. The summed E-state index contributed by atoms with van der Waals surface area (Å²) in [6, 6.07) is 4.33. The van der Waals surface area contributed by atoms with E-state index in [4.69, 9.17) is 0 Å².